The first-order valence-electron chi connectivity index (χ1n) is 8.19. The zero-order valence-corrected chi connectivity index (χ0v) is 14.0. The Hall–Kier alpha value is -1.41. The van der Waals surface area contributed by atoms with Gasteiger partial charge < -0.3 is 15.1 Å². The molecule has 3 N–H and O–H groups in total. The highest BCUT2D eigenvalue weighted by Gasteiger charge is 2.45. The molecule has 0 spiro atoms. The number of hydrazine groups is 1. The van der Waals surface area contributed by atoms with Crippen LogP contribution in [0.15, 0.2) is 10.6 Å². The number of hydrazone groups is 1. The lowest BCUT2D eigenvalue weighted by molar-refractivity contribution is -0.653. The second-order valence-corrected chi connectivity index (χ2v) is 8.26. The summed E-state index contributed by atoms with van der Waals surface area (Å²) in [4.78, 5) is 14.8. The van der Waals surface area contributed by atoms with Crippen LogP contribution in [-0.4, -0.2) is 80.8 Å². The second kappa shape index (κ2) is 5.59. The van der Waals surface area contributed by atoms with Gasteiger partial charge in [-0.2, -0.15) is 4.68 Å². The van der Waals surface area contributed by atoms with Gasteiger partial charge in [-0.3, -0.25) is 5.32 Å². The average molecular weight is 339 g/mol. The fourth-order valence-corrected chi connectivity index (χ4v) is 5.61. The third-order valence-electron chi connectivity index (χ3n) is 5.30. The minimum atomic E-state index is -0.826. The summed E-state index contributed by atoms with van der Waals surface area (Å²) < 4.78 is 2.18. The number of carbonyl (C=O) groups is 1. The molecule has 4 heterocycles. The molecule has 0 amide bonds. The maximum absolute atomic E-state index is 11.8. The van der Waals surface area contributed by atoms with Crippen molar-refractivity contribution in [3.05, 3.63) is 10.6 Å². The van der Waals surface area contributed by atoms with Crippen molar-refractivity contribution in [3.63, 3.8) is 0 Å². The van der Waals surface area contributed by atoms with E-state index < -0.39 is 5.97 Å². The molecule has 0 radical (unpaired) electrons. The summed E-state index contributed by atoms with van der Waals surface area (Å²) >= 11 is 1.74. The van der Waals surface area contributed by atoms with E-state index in [0.717, 1.165) is 37.5 Å². The molecule has 4 rings (SSSR count). The molecule has 4 unspecified atom stereocenters. The van der Waals surface area contributed by atoms with Crippen LogP contribution in [-0.2, 0) is 4.79 Å². The largest absolute Gasteiger partial charge is 0.477 e. The smallest absolute Gasteiger partial charge is 0.353 e. The Balaban J connectivity index is 1.50. The summed E-state index contributed by atoms with van der Waals surface area (Å²) in [6.07, 6.45) is 3.32. The number of nitrogens with one attached hydrogen (secondary N) is 1. The molecule has 8 heteroatoms. The predicted octanol–water partition coefficient (Wildman–Crippen LogP) is -0.308. The average Bonchev–Trinajstić information content (AvgIpc) is 3.15. The molecular weight excluding hydrogens is 316 g/mol. The summed E-state index contributed by atoms with van der Waals surface area (Å²) in [7, 11) is 0. The number of hydrogen-bond donors (Lipinski definition) is 3. The van der Waals surface area contributed by atoms with E-state index >= 15 is 0 Å². The fraction of sp³-hybridized carbons (Fsp3) is 0.733. The lowest BCUT2D eigenvalue weighted by atomic mass is 9.99. The lowest BCUT2D eigenvalue weighted by Crippen LogP contribution is -2.28. The van der Waals surface area contributed by atoms with Gasteiger partial charge >= 0.3 is 5.97 Å². The number of carboxylic acids is 1. The van der Waals surface area contributed by atoms with Crippen LogP contribution in [0.1, 0.15) is 19.8 Å². The topological polar surface area (TPSA) is 79.0 Å². The van der Waals surface area contributed by atoms with Gasteiger partial charge in [-0.05, 0) is 13.3 Å². The fourth-order valence-electron chi connectivity index (χ4n) is 4.13. The minimum Gasteiger partial charge on any atom is -0.477 e. The van der Waals surface area contributed by atoms with E-state index in [9.17, 15) is 15.0 Å². The maximum atomic E-state index is 11.8. The summed E-state index contributed by atoms with van der Waals surface area (Å²) in [5.74, 6) is -0.641. The number of carboxylic acid groups (broad SMARTS) is 1. The molecular formula is C15H23N4O3S+. The van der Waals surface area contributed by atoms with Crippen LogP contribution in [0, 0.1) is 5.92 Å². The Morgan fingerprint density at radius 1 is 1.52 bits per heavy atom. The van der Waals surface area contributed by atoms with Gasteiger partial charge in [0, 0.05) is 29.8 Å². The highest BCUT2D eigenvalue weighted by Crippen LogP contribution is 2.45. The predicted molar refractivity (Wildman–Crippen MR) is 86.8 cm³/mol. The summed E-state index contributed by atoms with van der Waals surface area (Å²) in [6.45, 7) is 5.18. The molecule has 0 aliphatic carbocycles. The lowest BCUT2D eigenvalue weighted by Gasteiger charge is -2.20. The molecule has 0 saturated carbocycles. The van der Waals surface area contributed by atoms with E-state index in [4.69, 9.17) is 0 Å². The Morgan fingerprint density at radius 2 is 2.35 bits per heavy atom. The zero-order valence-electron chi connectivity index (χ0n) is 13.2. The van der Waals surface area contributed by atoms with Crippen molar-refractivity contribution >= 4 is 24.1 Å². The van der Waals surface area contributed by atoms with Crippen LogP contribution < -0.4 is 5.32 Å². The number of aliphatic hydroxyl groups excluding tert-OH is 1. The van der Waals surface area contributed by atoms with Gasteiger partial charge in [0.05, 0.1) is 17.9 Å². The van der Waals surface area contributed by atoms with Crippen LogP contribution >= 0.6 is 11.8 Å². The molecule has 4 aliphatic heterocycles. The Bertz CT molecular complexity index is 591. The maximum Gasteiger partial charge on any atom is 0.353 e. The van der Waals surface area contributed by atoms with E-state index in [2.05, 4.69) is 15.0 Å². The van der Waals surface area contributed by atoms with E-state index in [1.165, 1.54) is 0 Å². The standard InChI is InChI=1S/C15H22N4O3S/c1-9(20)10-2-11-3-13(14(15(21)22)19(11)4-10)23-12-5-17-7-16-8-18(17)6-12/h7,9-12,20H,2-6,8H2,1H3,(H,21,22)/p+1. The van der Waals surface area contributed by atoms with Crippen LogP contribution in [0.2, 0.25) is 0 Å². The molecule has 0 aromatic heterocycles. The SMILES string of the molecule is CC(O)C1CC2CC(SC3CN4CNC=[N+]4C3)=C(C(=O)O)N2C1. The first kappa shape index (κ1) is 15.1. The third kappa shape index (κ3) is 2.57. The molecule has 4 atom stereocenters. The normalized spacial score (nSPS) is 33.7. The molecule has 2 saturated heterocycles. The van der Waals surface area contributed by atoms with Gasteiger partial charge in [-0.1, -0.05) is 0 Å². The van der Waals surface area contributed by atoms with E-state index in [-0.39, 0.29) is 18.1 Å². The van der Waals surface area contributed by atoms with E-state index in [1.807, 2.05) is 11.2 Å². The first-order chi connectivity index (χ1) is 11.0. The van der Waals surface area contributed by atoms with E-state index in [0.29, 0.717) is 17.5 Å². The van der Waals surface area contributed by atoms with Crippen molar-refractivity contribution in [1.29, 1.82) is 0 Å². The minimum absolute atomic E-state index is 0.185. The van der Waals surface area contributed by atoms with Gasteiger partial charge in [0.2, 0.25) is 0 Å². The van der Waals surface area contributed by atoms with E-state index in [1.54, 1.807) is 18.7 Å². The monoisotopic (exact) mass is 339 g/mol. The number of thioether (sulfide) groups is 1. The number of nitrogens with zero attached hydrogens (tertiary/aromatic N) is 3. The van der Waals surface area contributed by atoms with Crippen LogP contribution in [0.3, 0.4) is 0 Å². The first-order valence-corrected chi connectivity index (χ1v) is 9.07. The highest BCUT2D eigenvalue weighted by atomic mass is 32.2. The van der Waals surface area contributed by atoms with Crippen LogP contribution in [0.5, 0.6) is 0 Å². The molecule has 126 valence electrons. The van der Waals surface area contributed by atoms with Crippen molar-refractivity contribution < 1.29 is 19.7 Å². The quantitative estimate of drug-likeness (QED) is 0.607. The number of rotatable bonds is 4. The van der Waals surface area contributed by atoms with Crippen LogP contribution in [0.25, 0.3) is 0 Å². The number of aliphatic hydroxyl groups is 1. The van der Waals surface area contributed by atoms with Gasteiger partial charge in [0.25, 0.3) is 6.34 Å². The molecule has 2 fully saturated rings. The summed E-state index contributed by atoms with van der Waals surface area (Å²) in [5.41, 5.74) is 0.479. The highest BCUT2D eigenvalue weighted by molar-refractivity contribution is 8.03. The third-order valence-corrected chi connectivity index (χ3v) is 6.57. The number of aliphatic carboxylic acids is 1. The zero-order chi connectivity index (χ0) is 16.1. The van der Waals surface area contributed by atoms with Crippen molar-refractivity contribution in [2.45, 2.75) is 37.2 Å². The van der Waals surface area contributed by atoms with Crippen molar-refractivity contribution in [1.82, 2.24) is 15.2 Å². The van der Waals surface area contributed by atoms with Crippen molar-refractivity contribution in [3.8, 4) is 0 Å². The van der Waals surface area contributed by atoms with Gasteiger partial charge in [0.1, 0.15) is 12.2 Å². The van der Waals surface area contributed by atoms with Gasteiger partial charge in [-0.15, -0.1) is 11.8 Å². The molecule has 4 aliphatic rings. The second-order valence-electron chi connectivity index (χ2n) is 6.87. The number of fused-ring (bicyclic) bond motifs is 2. The Morgan fingerprint density at radius 3 is 3.04 bits per heavy atom. The molecule has 23 heavy (non-hydrogen) atoms. The van der Waals surface area contributed by atoms with Crippen molar-refractivity contribution in [2.75, 3.05) is 26.3 Å². The molecule has 0 aromatic carbocycles. The van der Waals surface area contributed by atoms with Gasteiger partial charge in [-0.25, -0.2) is 9.80 Å². The van der Waals surface area contributed by atoms with Crippen LogP contribution in [0.4, 0.5) is 0 Å². The van der Waals surface area contributed by atoms with Crippen molar-refractivity contribution in [2.24, 2.45) is 5.92 Å². The Kier molecular flexibility index (Phi) is 3.68. The summed E-state index contributed by atoms with van der Waals surface area (Å²) in [6, 6.07) is 0.248. The molecule has 7 nitrogen and oxygen atoms in total. The molecule has 0 bridgehead atoms. The molecule has 0 aromatic rings. The Labute approximate surface area is 139 Å². The van der Waals surface area contributed by atoms with Gasteiger partial charge in [0.15, 0.2) is 6.67 Å². The summed E-state index contributed by atoms with van der Waals surface area (Å²) in [5, 5.41) is 25.3. The number of hydrogen-bond acceptors (Lipinski definition) is 6.